The molecule has 1 saturated carbocycles. The van der Waals surface area contributed by atoms with Crippen LogP contribution in [0.25, 0.3) is 0 Å². The van der Waals surface area contributed by atoms with Gasteiger partial charge in [-0.3, -0.25) is 9.89 Å². The van der Waals surface area contributed by atoms with Crippen LogP contribution in [0.3, 0.4) is 0 Å². The third-order valence-electron chi connectivity index (χ3n) is 5.71. The molecule has 3 aromatic rings. The first-order valence-corrected chi connectivity index (χ1v) is 10.5. The summed E-state index contributed by atoms with van der Waals surface area (Å²) < 4.78 is 0. The molecular formula is C21H22N4OS. The Kier molecular flexibility index (Phi) is 4.28. The number of nitrogens with one attached hydrogen (secondary N) is 1. The van der Waals surface area contributed by atoms with Crippen molar-refractivity contribution in [1.29, 1.82) is 0 Å². The first kappa shape index (κ1) is 16.7. The molecule has 6 heteroatoms. The van der Waals surface area contributed by atoms with Gasteiger partial charge in [-0.1, -0.05) is 36.8 Å². The summed E-state index contributed by atoms with van der Waals surface area (Å²) in [6.45, 7) is 1.38. The van der Waals surface area contributed by atoms with E-state index >= 15 is 0 Å². The number of nitrogens with zero attached hydrogens (tertiary/aromatic N) is 3. The van der Waals surface area contributed by atoms with Crippen molar-refractivity contribution < 1.29 is 4.79 Å². The van der Waals surface area contributed by atoms with Gasteiger partial charge in [0.2, 0.25) is 0 Å². The van der Waals surface area contributed by atoms with Crippen LogP contribution in [0, 0.1) is 0 Å². The number of H-pyrrole nitrogens is 1. The third kappa shape index (κ3) is 3.18. The highest BCUT2D eigenvalue weighted by Crippen LogP contribution is 2.39. The van der Waals surface area contributed by atoms with E-state index in [0.717, 1.165) is 24.4 Å². The van der Waals surface area contributed by atoms with Gasteiger partial charge < -0.3 is 4.90 Å². The lowest BCUT2D eigenvalue weighted by Crippen LogP contribution is -2.36. The molecular weight excluding hydrogens is 356 g/mol. The summed E-state index contributed by atoms with van der Waals surface area (Å²) in [6.07, 6.45) is 5.36. The van der Waals surface area contributed by atoms with Crippen molar-refractivity contribution in [1.82, 2.24) is 20.1 Å². The largest absolute Gasteiger partial charge is 0.332 e. The molecule has 1 aromatic carbocycles. The monoisotopic (exact) mass is 378 g/mol. The van der Waals surface area contributed by atoms with Crippen LogP contribution in [0.4, 0.5) is 0 Å². The Morgan fingerprint density at radius 2 is 2.11 bits per heavy atom. The molecule has 1 aliphatic carbocycles. The second-order valence-corrected chi connectivity index (χ2v) is 8.40. The van der Waals surface area contributed by atoms with Gasteiger partial charge in [-0.25, -0.2) is 4.98 Å². The predicted octanol–water partition coefficient (Wildman–Crippen LogP) is 3.92. The highest BCUT2D eigenvalue weighted by atomic mass is 32.1. The first-order valence-electron chi connectivity index (χ1n) is 9.61. The smallest absolute Gasteiger partial charge is 0.273 e. The van der Waals surface area contributed by atoms with Crippen molar-refractivity contribution in [3.05, 3.63) is 68.9 Å². The SMILES string of the molecule is O=C(c1csc(Cc2ccccc2)n1)N1CCc2[nH]nc(C3CCC3)c2C1. The van der Waals surface area contributed by atoms with Gasteiger partial charge in [0.05, 0.1) is 10.7 Å². The number of hydrogen-bond donors (Lipinski definition) is 1. The number of thiazole rings is 1. The van der Waals surface area contributed by atoms with E-state index < -0.39 is 0 Å². The zero-order valence-electron chi connectivity index (χ0n) is 15.1. The molecule has 3 heterocycles. The van der Waals surface area contributed by atoms with E-state index in [2.05, 4.69) is 27.3 Å². The Morgan fingerprint density at radius 3 is 2.89 bits per heavy atom. The zero-order chi connectivity index (χ0) is 18.2. The molecule has 0 radical (unpaired) electrons. The van der Waals surface area contributed by atoms with Gasteiger partial charge in [0.15, 0.2) is 0 Å². The Morgan fingerprint density at radius 1 is 1.26 bits per heavy atom. The number of amides is 1. The number of hydrogen-bond acceptors (Lipinski definition) is 4. The molecule has 2 aromatic heterocycles. The van der Waals surface area contributed by atoms with Gasteiger partial charge in [0.1, 0.15) is 5.69 Å². The first-order chi connectivity index (χ1) is 13.3. The molecule has 1 amide bonds. The Hall–Kier alpha value is -2.47. The number of aromatic amines is 1. The average molecular weight is 379 g/mol. The summed E-state index contributed by atoms with van der Waals surface area (Å²) in [5.41, 5.74) is 5.44. The van der Waals surface area contributed by atoms with Crippen LogP contribution in [0.5, 0.6) is 0 Å². The molecule has 0 atom stereocenters. The van der Waals surface area contributed by atoms with E-state index in [0.29, 0.717) is 18.2 Å². The van der Waals surface area contributed by atoms with Gasteiger partial charge in [-0.05, 0) is 18.4 Å². The van der Waals surface area contributed by atoms with Crippen LogP contribution in [0.2, 0.25) is 0 Å². The summed E-state index contributed by atoms with van der Waals surface area (Å²) in [4.78, 5) is 19.5. The highest BCUT2D eigenvalue weighted by molar-refractivity contribution is 7.09. The lowest BCUT2D eigenvalue weighted by molar-refractivity contribution is 0.0728. The predicted molar refractivity (Wildman–Crippen MR) is 105 cm³/mol. The van der Waals surface area contributed by atoms with Crippen molar-refractivity contribution in [2.75, 3.05) is 6.54 Å². The molecule has 2 aliphatic rings. The maximum atomic E-state index is 13.0. The molecule has 1 fully saturated rings. The molecule has 0 spiro atoms. The minimum Gasteiger partial charge on any atom is -0.332 e. The fourth-order valence-electron chi connectivity index (χ4n) is 3.93. The zero-order valence-corrected chi connectivity index (χ0v) is 16.0. The van der Waals surface area contributed by atoms with Crippen LogP contribution in [-0.4, -0.2) is 32.5 Å². The summed E-state index contributed by atoms with van der Waals surface area (Å²) >= 11 is 1.57. The Bertz CT molecular complexity index is 958. The summed E-state index contributed by atoms with van der Waals surface area (Å²) in [7, 11) is 0. The molecule has 0 unspecified atom stereocenters. The number of aromatic nitrogens is 3. The molecule has 1 aliphatic heterocycles. The van der Waals surface area contributed by atoms with Crippen molar-refractivity contribution in [3.63, 3.8) is 0 Å². The van der Waals surface area contributed by atoms with Crippen molar-refractivity contribution in [2.45, 2.75) is 44.6 Å². The van der Waals surface area contributed by atoms with Gasteiger partial charge >= 0.3 is 0 Å². The lowest BCUT2D eigenvalue weighted by Gasteiger charge is -2.29. The number of fused-ring (bicyclic) bond motifs is 1. The van der Waals surface area contributed by atoms with E-state index in [9.17, 15) is 4.79 Å². The number of carbonyl (C=O) groups is 1. The quantitative estimate of drug-likeness (QED) is 0.748. The lowest BCUT2D eigenvalue weighted by atomic mass is 9.81. The van der Waals surface area contributed by atoms with Gasteiger partial charge in [0, 0.05) is 48.5 Å². The van der Waals surface area contributed by atoms with Crippen LogP contribution in [0.15, 0.2) is 35.7 Å². The molecule has 1 N–H and O–H groups in total. The standard InChI is InChI=1S/C21H22N4OS/c26-21(18-13-27-19(22-18)11-14-5-2-1-3-6-14)25-10-9-17-16(12-25)20(24-23-17)15-7-4-8-15/h1-3,5-6,13,15H,4,7-12H2,(H,23,24). The van der Waals surface area contributed by atoms with Crippen LogP contribution >= 0.6 is 11.3 Å². The number of carbonyl (C=O) groups excluding carboxylic acids is 1. The van der Waals surface area contributed by atoms with Gasteiger partial charge in [-0.2, -0.15) is 5.10 Å². The normalized spacial score (nSPS) is 16.8. The van der Waals surface area contributed by atoms with E-state index in [1.54, 1.807) is 11.3 Å². The summed E-state index contributed by atoms with van der Waals surface area (Å²) in [5.74, 6) is 0.619. The van der Waals surface area contributed by atoms with Crippen LogP contribution < -0.4 is 0 Å². The second-order valence-electron chi connectivity index (χ2n) is 7.46. The summed E-state index contributed by atoms with van der Waals surface area (Å²) in [6, 6.07) is 10.3. The van der Waals surface area contributed by atoms with Gasteiger partial charge in [-0.15, -0.1) is 11.3 Å². The molecule has 138 valence electrons. The molecule has 27 heavy (non-hydrogen) atoms. The van der Waals surface area contributed by atoms with Crippen molar-refractivity contribution in [3.8, 4) is 0 Å². The minimum absolute atomic E-state index is 0.0389. The molecule has 0 saturated heterocycles. The average Bonchev–Trinajstić information content (AvgIpc) is 3.28. The maximum Gasteiger partial charge on any atom is 0.273 e. The topological polar surface area (TPSA) is 61.9 Å². The third-order valence-corrected chi connectivity index (χ3v) is 6.56. The van der Waals surface area contributed by atoms with E-state index in [1.807, 2.05) is 28.5 Å². The number of rotatable bonds is 4. The van der Waals surface area contributed by atoms with Crippen LogP contribution in [-0.2, 0) is 19.4 Å². The highest BCUT2D eigenvalue weighted by Gasteiger charge is 2.31. The fraction of sp³-hybridized carbons (Fsp3) is 0.381. The maximum absolute atomic E-state index is 13.0. The van der Waals surface area contributed by atoms with E-state index in [4.69, 9.17) is 0 Å². The Labute approximate surface area is 162 Å². The van der Waals surface area contributed by atoms with E-state index in [-0.39, 0.29) is 5.91 Å². The van der Waals surface area contributed by atoms with Gasteiger partial charge in [0.25, 0.3) is 5.91 Å². The van der Waals surface area contributed by atoms with Crippen molar-refractivity contribution in [2.24, 2.45) is 0 Å². The minimum atomic E-state index is 0.0389. The van der Waals surface area contributed by atoms with Crippen LogP contribution in [0.1, 0.15) is 63.2 Å². The second kappa shape index (κ2) is 6.93. The molecule has 5 rings (SSSR count). The molecule has 5 nitrogen and oxygen atoms in total. The summed E-state index contributed by atoms with van der Waals surface area (Å²) in [5, 5.41) is 10.7. The Balaban J connectivity index is 1.31. The fourth-order valence-corrected chi connectivity index (χ4v) is 4.73. The number of benzene rings is 1. The molecule has 0 bridgehead atoms. The van der Waals surface area contributed by atoms with Crippen molar-refractivity contribution >= 4 is 17.2 Å². The van der Waals surface area contributed by atoms with E-state index in [1.165, 1.54) is 41.8 Å².